The van der Waals surface area contributed by atoms with Gasteiger partial charge in [0.15, 0.2) is 23.0 Å². The lowest BCUT2D eigenvalue weighted by molar-refractivity contribution is 0.0599. The Balaban J connectivity index is 0.000000155. The summed E-state index contributed by atoms with van der Waals surface area (Å²) >= 11 is 2.25. The number of aromatic carboxylic acids is 1. The molecule has 3 N–H and O–H groups in total. The molecule has 0 atom stereocenters. The van der Waals surface area contributed by atoms with Gasteiger partial charge < -0.3 is 48.3 Å². The SMILES string of the molecule is COC(=O)c1cccc(COc2ccc(I)cc2)c1.O=C(O)c1cccc(COc2ccc(-c3ccc4c(c3)OCO4)cc2)c1.OB(O)c1ccc2c(c1)OCO2. The third-order valence-electron chi connectivity index (χ3n) is 8.40. The third-order valence-corrected chi connectivity index (χ3v) is 9.12. The van der Waals surface area contributed by atoms with Gasteiger partial charge in [-0.05, 0) is 135 Å². The van der Waals surface area contributed by atoms with E-state index in [1.165, 1.54) is 7.11 Å². The molecular weight excluding hydrogens is 846 g/mol. The lowest BCUT2D eigenvalue weighted by Crippen LogP contribution is -2.29. The number of hydrogen-bond donors (Lipinski definition) is 3. The third kappa shape index (κ3) is 11.4. The fourth-order valence-corrected chi connectivity index (χ4v) is 5.82. The average molecular weight is 882 g/mol. The monoisotopic (exact) mass is 882 g/mol. The lowest BCUT2D eigenvalue weighted by Gasteiger charge is -2.08. The highest BCUT2D eigenvalue weighted by Crippen LogP contribution is 2.36. The molecule has 2 aliphatic heterocycles. The number of esters is 1. The van der Waals surface area contributed by atoms with Gasteiger partial charge >= 0.3 is 19.1 Å². The van der Waals surface area contributed by atoms with Gasteiger partial charge in [0.2, 0.25) is 13.6 Å². The van der Waals surface area contributed by atoms with Crippen molar-refractivity contribution in [3.05, 3.63) is 159 Å². The smallest absolute Gasteiger partial charge is 0.488 e. The van der Waals surface area contributed by atoms with E-state index in [1.54, 1.807) is 48.5 Å². The predicted molar refractivity (Wildman–Crippen MR) is 219 cm³/mol. The molecule has 0 spiro atoms. The summed E-state index contributed by atoms with van der Waals surface area (Å²) in [6, 6.07) is 40.1. The molecule has 14 heteroatoms. The highest BCUT2D eigenvalue weighted by Gasteiger charge is 2.18. The quantitative estimate of drug-likeness (QED) is 0.0729. The molecule has 6 aromatic rings. The second kappa shape index (κ2) is 19.6. The second-order valence-corrected chi connectivity index (χ2v) is 13.6. The molecule has 0 unspecified atom stereocenters. The number of carbonyl (C=O) groups excluding carboxylic acids is 1. The first-order chi connectivity index (χ1) is 27.6. The molecule has 0 saturated carbocycles. The summed E-state index contributed by atoms with van der Waals surface area (Å²) in [5.41, 5.74) is 5.01. The summed E-state index contributed by atoms with van der Waals surface area (Å²) in [4.78, 5) is 22.4. The lowest BCUT2D eigenvalue weighted by atomic mass is 9.80. The first-order valence-corrected chi connectivity index (χ1v) is 18.5. The standard InChI is InChI=1S/C21H16O5.C15H13IO3.C7H7BO4/c22-21(23)17-3-1-2-14(10-17)12-24-18-7-4-15(5-8-18)16-6-9-19-20(11-16)26-13-25-19;1-18-15(17)12-4-2-3-11(9-12)10-19-14-7-5-13(16)6-8-14;9-8(10)5-1-2-6-7(3-5)12-4-11-6/h1-11H,12-13H2,(H,22,23);2-9H,10H2,1H3;1-3,9-10H,4H2. The molecule has 12 nitrogen and oxygen atoms in total. The minimum absolute atomic E-state index is 0.195. The first kappa shape index (κ1) is 40.4. The zero-order valence-electron chi connectivity index (χ0n) is 30.5. The van der Waals surface area contributed by atoms with Crippen molar-refractivity contribution in [2.45, 2.75) is 13.2 Å². The summed E-state index contributed by atoms with van der Waals surface area (Å²) < 4.78 is 38.1. The molecule has 0 saturated heterocycles. The second-order valence-electron chi connectivity index (χ2n) is 12.3. The van der Waals surface area contributed by atoms with Gasteiger partial charge in [0.25, 0.3) is 0 Å². The first-order valence-electron chi connectivity index (χ1n) is 17.4. The van der Waals surface area contributed by atoms with Crippen molar-refractivity contribution in [3.63, 3.8) is 0 Å². The Bertz CT molecular complexity index is 2300. The van der Waals surface area contributed by atoms with Crippen LogP contribution in [0.4, 0.5) is 0 Å². The normalized spacial score (nSPS) is 11.6. The molecule has 0 aliphatic carbocycles. The van der Waals surface area contributed by atoms with Crippen LogP contribution in [0, 0.1) is 3.57 Å². The summed E-state index contributed by atoms with van der Waals surface area (Å²) in [5, 5.41) is 26.7. The molecule has 290 valence electrons. The Kier molecular flexibility index (Phi) is 13.9. The van der Waals surface area contributed by atoms with Crippen LogP contribution in [0.3, 0.4) is 0 Å². The number of ether oxygens (including phenoxy) is 7. The van der Waals surface area contributed by atoms with E-state index in [1.807, 2.05) is 84.9 Å². The molecule has 0 radical (unpaired) electrons. The summed E-state index contributed by atoms with van der Waals surface area (Å²) in [5.74, 6) is 2.95. The number of benzene rings is 6. The number of carboxylic acid groups (broad SMARTS) is 1. The van der Waals surface area contributed by atoms with Crippen LogP contribution in [0.5, 0.6) is 34.5 Å². The van der Waals surface area contributed by atoms with Gasteiger partial charge in [0.05, 0.1) is 18.2 Å². The highest BCUT2D eigenvalue weighted by atomic mass is 127. The number of fused-ring (bicyclic) bond motifs is 2. The Morgan fingerprint density at radius 2 is 1.12 bits per heavy atom. The number of halogens is 1. The van der Waals surface area contributed by atoms with Crippen LogP contribution in [-0.4, -0.2) is 54.9 Å². The van der Waals surface area contributed by atoms with E-state index in [4.69, 9.17) is 43.6 Å². The van der Waals surface area contributed by atoms with Crippen LogP contribution in [0.15, 0.2) is 133 Å². The van der Waals surface area contributed by atoms with E-state index in [0.717, 1.165) is 48.8 Å². The van der Waals surface area contributed by atoms with Crippen LogP contribution >= 0.6 is 22.6 Å². The molecule has 0 fully saturated rings. The summed E-state index contributed by atoms with van der Waals surface area (Å²) in [6.07, 6.45) is 0. The Morgan fingerprint density at radius 1 is 0.614 bits per heavy atom. The maximum Gasteiger partial charge on any atom is 0.488 e. The van der Waals surface area contributed by atoms with Crippen molar-refractivity contribution in [1.29, 1.82) is 0 Å². The minimum atomic E-state index is -1.46. The van der Waals surface area contributed by atoms with Crippen LogP contribution in [0.2, 0.25) is 0 Å². The fraction of sp³-hybridized carbons (Fsp3) is 0.116. The van der Waals surface area contributed by atoms with Gasteiger partial charge in [0.1, 0.15) is 24.7 Å². The van der Waals surface area contributed by atoms with Crippen molar-refractivity contribution in [3.8, 4) is 45.6 Å². The predicted octanol–water partition coefficient (Wildman–Crippen LogP) is 7.11. The molecule has 6 aromatic carbocycles. The van der Waals surface area contributed by atoms with E-state index >= 15 is 0 Å². The fourth-order valence-electron chi connectivity index (χ4n) is 5.46. The van der Waals surface area contributed by atoms with Gasteiger partial charge in [-0.2, -0.15) is 0 Å². The molecule has 0 amide bonds. The summed E-state index contributed by atoms with van der Waals surface area (Å²) in [7, 11) is -0.0867. The Morgan fingerprint density at radius 3 is 1.70 bits per heavy atom. The average Bonchev–Trinajstić information content (AvgIpc) is 3.93. The molecule has 8 rings (SSSR count). The van der Waals surface area contributed by atoms with E-state index in [0.29, 0.717) is 35.7 Å². The molecular formula is C43H36BIO12. The number of rotatable bonds is 10. The van der Waals surface area contributed by atoms with Crippen molar-refractivity contribution < 1.29 is 57.9 Å². The maximum atomic E-state index is 11.4. The number of carbonyl (C=O) groups is 2. The van der Waals surface area contributed by atoms with Gasteiger partial charge in [-0.15, -0.1) is 0 Å². The minimum Gasteiger partial charge on any atom is -0.489 e. The molecule has 0 aromatic heterocycles. The molecule has 57 heavy (non-hydrogen) atoms. The van der Waals surface area contributed by atoms with Gasteiger partial charge in [-0.1, -0.05) is 48.5 Å². The molecule has 2 aliphatic rings. The number of methoxy groups -OCH3 is 1. The number of hydrogen-bond acceptors (Lipinski definition) is 11. The van der Waals surface area contributed by atoms with Gasteiger partial charge in [-0.25, -0.2) is 9.59 Å². The van der Waals surface area contributed by atoms with Crippen LogP contribution in [0.25, 0.3) is 11.1 Å². The Hall–Kier alpha value is -6.23. The van der Waals surface area contributed by atoms with E-state index in [2.05, 4.69) is 27.3 Å². The largest absolute Gasteiger partial charge is 0.489 e. The van der Waals surface area contributed by atoms with Crippen molar-refractivity contribution in [1.82, 2.24) is 0 Å². The molecule has 0 bridgehead atoms. The maximum absolute atomic E-state index is 11.4. The van der Waals surface area contributed by atoms with Crippen LogP contribution in [0.1, 0.15) is 31.8 Å². The van der Waals surface area contributed by atoms with E-state index in [9.17, 15) is 9.59 Å². The zero-order chi connectivity index (χ0) is 40.1. The van der Waals surface area contributed by atoms with Crippen LogP contribution in [-0.2, 0) is 18.0 Å². The number of carboxylic acids is 1. The van der Waals surface area contributed by atoms with Crippen molar-refractivity contribution in [2.75, 3.05) is 20.7 Å². The highest BCUT2D eigenvalue weighted by molar-refractivity contribution is 14.1. The van der Waals surface area contributed by atoms with E-state index < -0.39 is 13.1 Å². The Labute approximate surface area is 342 Å². The van der Waals surface area contributed by atoms with E-state index in [-0.39, 0.29) is 25.1 Å². The molecule has 2 heterocycles. The van der Waals surface area contributed by atoms with Crippen molar-refractivity contribution in [2.24, 2.45) is 0 Å². The zero-order valence-corrected chi connectivity index (χ0v) is 32.7. The van der Waals surface area contributed by atoms with Crippen molar-refractivity contribution >= 4 is 47.1 Å². The summed E-state index contributed by atoms with van der Waals surface area (Å²) in [6.45, 7) is 1.19. The van der Waals surface area contributed by atoms with Crippen LogP contribution < -0.4 is 33.9 Å². The van der Waals surface area contributed by atoms with Gasteiger partial charge in [0, 0.05) is 3.57 Å². The van der Waals surface area contributed by atoms with Gasteiger partial charge in [-0.3, -0.25) is 0 Å². The topological polar surface area (TPSA) is 159 Å².